The van der Waals surface area contributed by atoms with Gasteiger partial charge >= 0.3 is 5.97 Å². The molecule has 0 aliphatic heterocycles. The molecule has 0 saturated carbocycles. The van der Waals surface area contributed by atoms with Crippen molar-refractivity contribution < 1.29 is 14.7 Å². The minimum Gasteiger partial charge on any atom is -0.477 e. The van der Waals surface area contributed by atoms with E-state index in [1.54, 1.807) is 11.4 Å². The van der Waals surface area contributed by atoms with Crippen molar-refractivity contribution in [2.24, 2.45) is 0 Å². The van der Waals surface area contributed by atoms with Crippen LogP contribution in [-0.4, -0.2) is 26.8 Å². The Hall–Kier alpha value is -1.66. The van der Waals surface area contributed by atoms with Gasteiger partial charge in [0, 0.05) is 0 Å². The Balaban J connectivity index is 2.46. The number of carbonyl (C=O) groups is 2. The van der Waals surface area contributed by atoms with Crippen molar-refractivity contribution in [3.63, 3.8) is 0 Å². The van der Waals surface area contributed by atoms with Crippen LogP contribution >= 0.6 is 22.9 Å². The van der Waals surface area contributed by atoms with Crippen LogP contribution in [0.3, 0.4) is 0 Å². The highest BCUT2D eigenvalue weighted by atomic mass is 35.5. The highest BCUT2D eigenvalue weighted by molar-refractivity contribution is 7.13. The molecule has 0 amide bonds. The maximum atomic E-state index is 11.9. The Labute approximate surface area is 98.7 Å². The molecular weight excluding hydrogens is 252 g/mol. The molecule has 0 fully saturated rings. The van der Waals surface area contributed by atoms with Gasteiger partial charge < -0.3 is 10.1 Å². The zero-order valence-electron chi connectivity index (χ0n) is 7.73. The van der Waals surface area contributed by atoms with Crippen molar-refractivity contribution >= 4 is 34.7 Å². The highest BCUT2D eigenvalue weighted by Gasteiger charge is 2.23. The molecule has 2 aromatic heterocycles. The predicted molar refractivity (Wildman–Crippen MR) is 58.3 cm³/mol. The lowest BCUT2D eigenvalue weighted by atomic mass is 10.2. The Kier molecular flexibility index (Phi) is 2.76. The SMILES string of the molecule is O=C(O)c1[nH]cnc1C(=O)c1sccc1Cl. The molecule has 0 spiro atoms. The number of H-pyrrole nitrogens is 1. The van der Waals surface area contributed by atoms with Crippen molar-refractivity contribution in [1.29, 1.82) is 0 Å². The summed E-state index contributed by atoms with van der Waals surface area (Å²) in [7, 11) is 0. The quantitative estimate of drug-likeness (QED) is 0.824. The van der Waals surface area contributed by atoms with Gasteiger partial charge in [-0.3, -0.25) is 4.79 Å². The van der Waals surface area contributed by atoms with Crippen LogP contribution in [0.1, 0.15) is 25.9 Å². The fourth-order valence-corrected chi connectivity index (χ4v) is 2.27. The Morgan fingerprint density at radius 3 is 2.81 bits per heavy atom. The largest absolute Gasteiger partial charge is 0.477 e. The third-order valence-electron chi connectivity index (χ3n) is 1.89. The van der Waals surface area contributed by atoms with Crippen LogP contribution in [0.2, 0.25) is 5.02 Å². The summed E-state index contributed by atoms with van der Waals surface area (Å²) in [6, 6.07) is 1.58. The summed E-state index contributed by atoms with van der Waals surface area (Å²) >= 11 is 6.94. The van der Waals surface area contributed by atoms with Crippen LogP contribution in [0.5, 0.6) is 0 Å². The number of hydrogen-bond acceptors (Lipinski definition) is 4. The topological polar surface area (TPSA) is 83.0 Å². The molecule has 2 N–H and O–H groups in total. The summed E-state index contributed by atoms with van der Waals surface area (Å²) in [5, 5.41) is 10.8. The number of carboxylic acid groups (broad SMARTS) is 1. The van der Waals surface area contributed by atoms with Crippen molar-refractivity contribution in [2.75, 3.05) is 0 Å². The molecule has 0 aliphatic carbocycles. The molecule has 0 radical (unpaired) electrons. The van der Waals surface area contributed by atoms with Gasteiger partial charge in [0.1, 0.15) is 5.69 Å². The molecule has 16 heavy (non-hydrogen) atoms. The molecular formula is C9H5ClN2O3S. The predicted octanol–water partition coefficient (Wildman–Crippen LogP) is 2.05. The maximum absolute atomic E-state index is 11.9. The first-order valence-corrected chi connectivity index (χ1v) is 5.41. The fourth-order valence-electron chi connectivity index (χ4n) is 1.19. The van der Waals surface area contributed by atoms with E-state index in [2.05, 4.69) is 9.97 Å². The number of nitrogens with zero attached hydrogens (tertiary/aromatic N) is 1. The number of carbonyl (C=O) groups excluding carboxylic acids is 1. The van der Waals surface area contributed by atoms with E-state index in [1.165, 1.54) is 0 Å². The van der Waals surface area contributed by atoms with Gasteiger partial charge in [0.15, 0.2) is 5.69 Å². The molecule has 5 nitrogen and oxygen atoms in total. The lowest BCUT2D eigenvalue weighted by Crippen LogP contribution is -2.08. The number of rotatable bonds is 3. The number of hydrogen-bond donors (Lipinski definition) is 2. The second-order valence-electron chi connectivity index (χ2n) is 2.86. The van der Waals surface area contributed by atoms with Gasteiger partial charge in [-0.25, -0.2) is 9.78 Å². The summed E-state index contributed by atoms with van der Waals surface area (Å²) in [6.45, 7) is 0. The van der Waals surface area contributed by atoms with Gasteiger partial charge in [-0.05, 0) is 11.4 Å². The van der Waals surface area contributed by atoms with Gasteiger partial charge in [0.05, 0.1) is 16.2 Å². The summed E-state index contributed by atoms with van der Waals surface area (Å²) < 4.78 is 0. The first kappa shape index (κ1) is 10.8. The third-order valence-corrected chi connectivity index (χ3v) is 3.23. The second-order valence-corrected chi connectivity index (χ2v) is 4.18. The minimum absolute atomic E-state index is 0.128. The first-order chi connectivity index (χ1) is 7.61. The lowest BCUT2D eigenvalue weighted by molar-refractivity contribution is 0.0687. The standard InChI is InChI=1S/C9H5ClN2O3S/c10-4-1-2-16-8(4)7(13)5-6(9(14)15)12-3-11-5/h1-3H,(H,11,12)(H,14,15). The number of carboxylic acids is 1. The average molecular weight is 257 g/mol. The Morgan fingerprint density at radius 1 is 1.50 bits per heavy atom. The average Bonchev–Trinajstić information content (AvgIpc) is 2.84. The van der Waals surface area contributed by atoms with E-state index in [1.807, 2.05) is 0 Å². The monoisotopic (exact) mass is 256 g/mol. The number of aromatic amines is 1. The van der Waals surface area contributed by atoms with Crippen LogP contribution in [0.15, 0.2) is 17.8 Å². The molecule has 0 aliphatic rings. The fraction of sp³-hybridized carbons (Fsp3) is 0. The molecule has 0 saturated heterocycles. The zero-order chi connectivity index (χ0) is 11.7. The van der Waals surface area contributed by atoms with Gasteiger partial charge in [-0.15, -0.1) is 11.3 Å². The van der Waals surface area contributed by atoms with E-state index in [9.17, 15) is 9.59 Å². The molecule has 7 heteroatoms. The molecule has 82 valence electrons. The number of thiophene rings is 1. The second kappa shape index (κ2) is 4.07. The van der Waals surface area contributed by atoms with E-state index in [0.29, 0.717) is 5.02 Å². The number of aromatic carboxylic acids is 1. The normalized spacial score (nSPS) is 10.3. The van der Waals surface area contributed by atoms with Gasteiger partial charge in [-0.1, -0.05) is 11.6 Å². The van der Waals surface area contributed by atoms with Gasteiger partial charge in [0.2, 0.25) is 5.78 Å². The van der Waals surface area contributed by atoms with Gasteiger partial charge in [-0.2, -0.15) is 0 Å². The molecule has 0 bridgehead atoms. The molecule has 2 aromatic rings. The van der Waals surface area contributed by atoms with Crippen molar-refractivity contribution in [3.05, 3.63) is 39.1 Å². The maximum Gasteiger partial charge on any atom is 0.354 e. The highest BCUT2D eigenvalue weighted by Crippen LogP contribution is 2.25. The molecule has 2 rings (SSSR count). The molecule has 0 unspecified atom stereocenters. The first-order valence-electron chi connectivity index (χ1n) is 4.15. The van der Waals surface area contributed by atoms with Crippen molar-refractivity contribution in [2.45, 2.75) is 0 Å². The number of halogens is 1. The van der Waals surface area contributed by atoms with Crippen LogP contribution in [-0.2, 0) is 0 Å². The van der Waals surface area contributed by atoms with Crippen LogP contribution < -0.4 is 0 Å². The zero-order valence-corrected chi connectivity index (χ0v) is 9.30. The smallest absolute Gasteiger partial charge is 0.354 e. The van der Waals surface area contributed by atoms with E-state index < -0.39 is 11.8 Å². The number of aromatic nitrogens is 2. The van der Waals surface area contributed by atoms with E-state index in [0.717, 1.165) is 17.7 Å². The van der Waals surface area contributed by atoms with Crippen LogP contribution in [0.25, 0.3) is 0 Å². The van der Waals surface area contributed by atoms with Crippen LogP contribution in [0, 0.1) is 0 Å². The molecule has 0 atom stereocenters. The number of imidazole rings is 1. The minimum atomic E-state index is -1.23. The number of nitrogens with one attached hydrogen (secondary N) is 1. The van der Waals surface area contributed by atoms with E-state index in [4.69, 9.17) is 16.7 Å². The van der Waals surface area contributed by atoms with Crippen LogP contribution in [0.4, 0.5) is 0 Å². The lowest BCUT2D eigenvalue weighted by Gasteiger charge is -1.96. The summed E-state index contributed by atoms with van der Waals surface area (Å²) in [5.41, 5.74) is -0.355. The summed E-state index contributed by atoms with van der Waals surface area (Å²) in [6.07, 6.45) is 1.16. The third kappa shape index (κ3) is 1.72. The molecule has 0 aromatic carbocycles. The van der Waals surface area contributed by atoms with Crippen molar-refractivity contribution in [3.8, 4) is 0 Å². The summed E-state index contributed by atoms with van der Waals surface area (Å²) in [4.78, 5) is 29.1. The number of ketones is 1. The molecule has 2 heterocycles. The Morgan fingerprint density at radius 2 is 2.25 bits per heavy atom. The summed E-state index contributed by atoms with van der Waals surface area (Å²) in [5.74, 6) is -1.72. The van der Waals surface area contributed by atoms with Crippen molar-refractivity contribution in [1.82, 2.24) is 9.97 Å². The van der Waals surface area contributed by atoms with E-state index >= 15 is 0 Å². The Bertz CT molecular complexity index is 561. The van der Waals surface area contributed by atoms with E-state index in [-0.39, 0.29) is 16.3 Å². The van der Waals surface area contributed by atoms with Gasteiger partial charge in [0.25, 0.3) is 0 Å².